The summed E-state index contributed by atoms with van der Waals surface area (Å²) in [6.07, 6.45) is 2.71. The Labute approximate surface area is 97.3 Å². The van der Waals surface area contributed by atoms with Crippen LogP contribution in [0.15, 0.2) is 12.1 Å². The molecule has 1 N–H and O–H groups in total. The van der Waals surface area contributed by atoms with Crippen LogP contribution < -0.4 is 0 Å². The summed E-state index contributed by atoms with van der Waals surface area (Å²) in [5.74, 6) is 0.891. The van der Waals surface area contributed by atoms with Gasteiger partial charge in [-0.25, -0.2) is 0 Å². The zero-order valence-corrected chi connectivity index (χ0v) is 10.3. The summed E-state index contributed by atoms with van der Waals surface area (Å²) >= 11 is 0. The van der Waals surface area contributed by atoms with E-state index in [1.807, 2.05) is 13.0 Å². The van der Waals surface area contributed by atoms with Crippen LogP contribution in [0.4, 0.5) is 0 Å². The topological polar surface area (TPSA) is 29.5 Å². The molecule has 1 aromatic carbocycles. The third-order valence-corrected chi connectivity index (χ3v) is 3.74. The van der Waals surface area contributed by atoms with Gasteiger partial charge in [-0.1, -0.05) is 6.07 Å². The second-order valence-electron chi connectivity index (χ2n) is 4.84. The second-order valence-corrected chi connectivity index (χ2v) is 4.84. The largest absolute Gasteiger partial charge is 0.508 e. The maximum atomic E-state index is 9.63. The number of aromatic hydroxyl groups is 1. The molecular formula is C14H20O2. The lowest BCUT2D eigenvalue weighted by Gasteiger charge is -2.28. The molecule has 0 radical (unpaired) electrons. The van der Waals surface area contributed by atoms with Crippen LogP contribution in [0.5, 0.6) is 5.75 Å². The van der Waals surface area contributed by atoms with Gasteiger partial charge in [0.05, 0.1) is 12.7 Å². The SMILES string of the molecule is Cc1c(O)ccc(C2CCC(C)OC2)c1C. The fraction of sp³-hybridized carbons (Fsp3) is 0.571. The number of benzene rings is 1. The first-order valence-corrected chi connectivity index (χ1v) is 6.00. The Morgan fingerprint density at radius 3 is 2.56 bits per heavy atom. The molecular weight excluding hydrogens is 200 g/mol. The van der Waals surface area contributed by atoms with Crippen molar-refractivity contribution in [3.05, 3.63) is 28.8 Å². The van der Waals surface area contributed by atoms with E-state index < -0.39 is 0 Å². The number of ether oxygens (including phenoxy) is 1. The molecule has 0 saturated carbocycles. The summed E-state index contributed by atoms with van der Waals surface area (Å²) in [4.78, 5) is 0. The van der Waals surface area contributed by atoms with E-state index in [1.54, 1.807) is 6.07 Å². The average Bonchev–Trinajstić information content (AvgIpc) is 2.28. The van der Waals surface area contributed by atoms with Gasteiger partial charge in [0.2, 0.25) is 0 Å². The van der Waals surface area contributed by atoms with Crippen molar-refractivity contribution in [3.63, 3.8) is 0 Å². The van der Waals surface area contributed by atoms with Crippen LogP contribution in [0.3, 0.4) is 0 Å². The summed E-state index contributed by atoms with van der Waals surface area (Å²) < 4.78 is 5.71. The molecule has 1 saturated heterocycles. The molecule has 0 bridgehead atoms. The minimum atomic E-state index is 0.395. The van der Waals surface area contributed by atoms with Gasteiger partial charge in [0.1, 0.15) is 5.75 Å². The summed E-state index contributed by atoms with van der Waals surface area (Å²) in [7, 11) is 0. The van der Waals surface area contributed by atoms with E-state index in [-0.39, 0.29) is 0 Å². The highest BCUT2D eigenvalue weighted by Gasteiger charge is 2.22. The Morgan fingerprint density at radius 2 is 1.94 bits per heavy atom. The Kier molecular flexibility index (Phi) is 3.20. The first-order chi connectivity index (χ1) is 7.59. The number of phenolic OH excluding ortho intramolecular Hbond substituents is 1. The fourth-order valence-electron chi connectivity index (χ4n) is 2.40. The molecule has 1 aliphatic rings. The molecule has 2 heteroatoms. The molecule has 2 atom stereocenters. The quantitative estimate of drug-likeness (QED) is 0.787. The zero-order valence-electron chi connectivity index (χ0n) is 10.3. The van der Waals surface area contributed by atoms with Crippen molar-refractivity contribution in [3.8, 4) is 5.75 Å². The van der Waals surface area contributed by atoms with E-state index in [4.69, 9.17) is 4.74 Å². The first kappa shape index (κ1) is 11.5. The standard InChI is InChI=1S/C14H20O2/c1-9-4-5-12(8-16-9)13-6-7-14(15)11(3)10(13)2/h6-7,9,12,15H,4-5,8H2,1-3H3. The van der Waals surface area contributed by atoms with E-state index in [9.17, 15) is 5.11 Å². The smallest absolute Gasteiger partial charge is 0.118 e. The summed E-state index contributed by atoms with van der Waals surface area (Å²) in [5, 5.41) is 9.63. The van der Waals surface area contributed by atoms with Gasteiger partial charge in [0.25, 0.3) is 0 Å². The third-order valence-electron chi connectivity index (χ3n) is 3.74. The van der Waals surface area contributed by atoms with Crippen molar-refractivity contribution >= 4 is 0 Å². The Balaban J connectivity index is 2.24. The van der Waals surface area contributed by atoms with Crippen molar-refractivity contribution in [2.24, 2.45) is 0 Å². The molecule has 2 rings (SSSR count). The third kappa shape index (κ3) is 2.07. The van der Waals surface area contributed by atoms with Gasteiger partial charge in [-0.05, 0) is 56.4 Å². The van der Waals surface area contributed by atoms with Gasteiger partial charge >= 0.3 is 0 Å². The lowest BCUT2D eigenvalue weighted by Crippen LogP contribution is -2.22. The number of phenols is 1. The van der Waals surface area contributed by atoms with Crippen LogP contribution in [0.2, 0.25) is 0 Å². The van der Waals surface area contributed by atoms with Crippen LogP contribution in [-0.4, -0.2) is 17.8 Å². The lowest BCUT2D eigenvalue weighted by molar-refractivity contribution is 0.0153. The van der Waals surface area contributed by atoms with Gasteiger partial charge in [0.15, 0.2) is 0 Å². The van der Waals surface area contributed by atoms with Crippen LogP contribution in [-0.2, 0) is 4.74 Å². The Bertz CT molecular complexity index is 377. The monoisotopic (exact) mass is 220 g/mol. The molecule has 2 nitrogen and oxygen atoms in total. The first-order valence-electron chi connectivity index (χ1n) is 6.00. The van der Waals surface area contributed by atoms with Crippen LogP contribution in [0.25, 0.3) is 0 Å². The molecule has 1 aliphatic heterocycles. The van der Waals surface area contributed by atoms with Crippen molar-refractivity contribution in [1.29, 1.82) is 0 Å². The van der Waals surface area contributed by atoms with Crippen LogP contribution in [0.1, 0.15) is 42.4 Å². The van der Waals surface area contributed by atoms with Crippen molar-refractivity contribution < 1.29 is 9.84 Å². The minimum absolute atomic E-state index is 0.395. The molecule has 0 amide bonds. The molecule has 16 heavy (non-hydrogen) atoms. The Hall–Kier alpha value is -1.02. The van der Waals surface area contributed by atoms with Crippen molar-refractivity contribution in [2.75, 3.05) is 6.61 Å². The Morgan fingerprint density at radius 1 is 1.19 bits per heavy atom. The van der Waals surface area contributed by atoms with E-state index in [2.05, 4.69) is 13.8 Å². The normalized spacial score (nSPS) is 25.7. The summed E-state index contributed by atoms with van der Waals surface area (Å²) in [5.41, 5.74) is 3.54. The number of hydrogen-bond donors (Lipinski definition) is 1. The molecule has 1 fully saturated rings. The molecule has 0 aromatic heterocycles. The van der Waals surface area contributed by atoms with E-state index in [1.165, 1.54) is 17.5 Å². The maximum Gasteiger partial charge on any atom is 0.118 e. The molecule has 88 valence electrons. The highest BCUT2D eigenvalue weighted by molar-refractivity contribution is 5.44. The molecule has 0 spiro atoms. The average molecular weight is 220 g/mol. The van der Waals surface area contributed by atoms with Gasteiger partial charge in [-0.2, -0.15) is 0 Å². The van der Waals surface area contributed by atoms with E-state index in [0.29, 0.717) is 17.8 Å². The second kappa shape index (κ2) is 4.46. The summed E-state index contributed by atoms with van der Waals surface area (Å²) in [6.45, 7) is 7.00. The summed E-state index contributed by atoms with van der Waals surface area (Å²) in [6, 6.07) is 3.84. The fourth-order valence-corrected chi connectivity index (χ4v) is 2.40. The van der Waals surface area contributed by atoms with Gasteiger partial charge in [-0.3, -0.25) is 0 Å². The minimum Gasteiger partial charge on any atom is -0.508 e. The van der Waals surface area contributed by atoms with Crippen molar-refractivity contribution in [2.45, 2.75) is 45.6 Å². The highest BCUT2D eigenvalue weighted by atomic mass is 16.5. The maximum absolute atomic E-state index is 9.63. The van der Waals surface area contributed by atoms with Crippen molar-refractivity contribution in [1.82, 2.24) is 0 Å². The molecule has 2 unspecified atom stereocenters. The van der Waals surface area contributed by atoms with Gasteiger partial charge < -0.3 is 9.84 Å². The predicted molar refractivity (Wildman–Crippen MR) is 65.0 cm³/mol. The number of rotatable bonds is 1. The molecule has 1 heterocycles. The van der Waals surface area contributed by atoms with Crippen LogP contribution >= 0.6 is 0 Å². The van der Waals surface area contributed by atoms with Gasteiger partial charge in [0, 0.05) is 5.92 Å². The van der Waals surface area contributed by atoms with Crippen LogP contribution in [0, 0.1) is 13.8 Å². The lowest BCUT2D eigenvalue weighted by atomic mass is 9.87. The van der Waals surface area contributed by atoms with Gasteiger partial charge in [-0.15, -0.1) is 0 Å². The van der Waals surface area contributed by atoms with E-state index >= 15 is 0 Å². The predicted octanol–water partition coefficient (Wildman–Crippen LogP) is 3.29. The van der Waals surface area contributed by atoms with E-state index in [0.717, 1.165) is 18.6 Å². The highest BCUT2D eigenvalue weighted by Crippen LogP contribution is 2.33. The number of hydrogen-bond acceptors (Lipinski definition) is 2. The molecule has 0 aliphatic carbocycles. The molecule has 1 aromatic rings. The zero-order chi connectivity index (χ0) is 11.7.